The van der Waals surface area contributed by atoms with Crippen molar-refractivity contribution in [2.24, 2.45) is 5.73 Å². The SMILES string of the molecule is Cc1cc(S(=O)(=O)NC2(CN)CCCC2)ccc1F. The van der Waals surface area contributed by atoms with Crippen molar-refractivity contribution < 1.29 is 12.8 Å². The number of sulfonamides is 1. The molecule has 19 heavy (non-hydrogen) atoms. The van der Waals surface area contributed by atoms with Gasteiger partial charge >= 0.3 is 0 Å². The summed E-state index contributed by atoms with van der Waals surface area (Å²) in [5.41, 5.74) is 5.50. The Kier molecular flexibility index (Phi) is 3.94. The third kappa shape index (κ3) is 2.96. The Hall–Kier alpha value is -0.980. The minimum absolute atomic E-state index is 0.0890. The summed E-state index contributed by atoms with van der Waals surface area (Å²) < 4.78 is 40.6. The summed E-state index contributed by atoms with van der Waals surface area (Å²) in [6, 6.07) is 3.80. The van der Waals surface area contributed by atoms with Gasteiger partial charge in [-0.1, -0.05) is 12.8 Å². The molecule has 0 amide bonds. The number of benzene rings is 1. The number of nitrogens with two attached hydrogens (primary N) is 1. The van der Waals surface area contributed by atoms with Crippen LogP contribution in [0, 0.1) is 12.7 Å². The van der Waals surface area contributed by atoms with Crippen molar-refractivity contribution >= 4 is 10.0 Å². The fraction of sp³-hybridized carbons (Fsp3) is 0.538. The summed E-state index contributed by atoms with van der Waals surface area (Å²) >= 11 is 0. The van der Waals surface area contributed by atoms with Crippen LogP contribution in [0.15, 0.2) is 23.1 Å². The van der Waals surface area contributed by atoms with Crippen LogP contribution in [0.4, 0.5) is 4.39 Å². The second kappa shape index (κ2) is 5.19. The molecule has 1 aromatic rings. The van der Waals surface area contributed by atoms with Gasteiger partial charge in [-0.15, -0.1) is 0 Å². The first-order chi connectivity index (χ1) is 8.88. The predicted molar refractivity (Wildman–Crippen MR) is 71.7 cm³/mol. The maximum Gasteiger partial charge on any atom is 0.241 e. The third-order valence-corrected chi connectivity index (χ3v) is 5.32. The average Bonchev–Trinajstić information content (AvgIpc) is 2.81. The van der Waals surface area contributed by atoms with Crippen molar-refractivity contribution in [3.8, 4) is 0 Å². The van der Waals surface area contributed by atoms with Gasteiger partial charge in [-0.2, -0.15) is 0 Å². The fourth-order valence-corrected chi connectivity index (χ4v) is 4.08. The number of rotatable bonds is 4. The molecule has 0 aromatic heterocycles. The maximum atomic E-state index is 13.2. The van der Waals surface area contributed by atoms with Gasteiger partial charge in [0, 0.05) is 12.1 Å². The van der Waals surface area contributed by atoms with Gasteiger partial charge in [-0.05, 0) is 43.5 Å². The van der Waals surface area contributed by atoms with Crippen LogP contribution >= 0.6 is 0 Å². The van der Waals surface area contributed by atoms with Crippen LogP contribution in [0.3, 0.4) is 0 Å². The minimum Gasteiger partial charge on any atom is -0.329 e. The highest BCUT2D eigenvalue weighted by molar-refractivity contribution is 7.89. The van der Waals surface area contributed by atoms with E-state index in [0.29, 0.717) is 5.56 Å². The van der Waals surface area contributed by atoms with Gasteiger partial charge in [0.15, 0.2) is 0 Å². The van der Waals surface area contributed by atoms with Crippen LogP contribution in [-0.2, 0) is 10.0 Å². The lowest BCUT2D eigenvalue weighted by molar-refractivity contribution is 0.399. The molecule has 6 heteroatoms. The normalized spacial score (nSPS) is 18.7. The smallest absolute Gasteiger partial charge is 0.241 e. The monoisotopic (exact) mass is 286 g/mol. The zero-order valence-electron chi connectivity index (χ0n) is 10.9. The van der Waals surface area contributed by atoms with Crippen LogP contribution in [0.1, 0.15) is 31.2 Å². The minimum atomic E-state index is -3.65. The van der Waals surface area contributed by atoms with E-state index in [1.165, 1.54) is 18.2 Å². The molecule has 1 aliphatic carbocycles. The Morgan fingerprint density at radius 2 is 2.00 bits per heavy atom. The van der Waals surface area contributed by atoms with Crippen LogP contribution in [0.5, 0.6) is 0 Å². The van der Waals surface area contributed by atoms with Crippen molar-refractivity contribution in [2.45, 2.75) is 43.0 Å². The molecule has 1 fully saturated rings. The highest BCUT2D eigenvalue weighted by atomic mass is 32.2. The van der Waals surface area contributed by atoms with E-state index >= 15 is 0 Å². The Bertz CT molecular complexity index is 566. The largest absolute Gasteiger partial charge is 0.329 e. The molecule has 0 radical (unpaired) electrons. The van der Waals surface area contributed by atoms with Crippen LogP contribution in [-0.4, -0.2) is 20.5 Å². The Balaban J connectivity index is 2.29. The van der Waals surface area contributed by atoms with Crippen molar-refractivity contribution in [2.75, 3.05) is 6.54 Å². The Morgan fingerprint density at radius 3 is 2.53 bits per heavy atom. The molecule has 1 saturated carbocycles. The summed E-state index contributed by atoms with van der Waals surface area (Å²) in [5, 5.41) is 0. The number of aryl methyl sites for hydroxylation is 1. The summed E-state index contributed by atoms with van der Waals surface area (Å²) in [6.07, 6.45) is 3.45. The van der Waals surface area contributed by atoms with Gasteiger partial charge in [-0.3, -0.25) is 0 Å². The molecule has 0 aliphatic heterocycles. The molecular weight excluding hydrogens is 267 g/mol. The number of hydrogen-bond donors (Lipinski definition) is 2. The van der Waals surface area contributed by atoms with Gasteiger partial charge in [0.05, 0.1) is 4.90 Å². The number of hydrogen-bond acceptors (Lipinski definition) is 3. The molecule has 0 heterocycles. The summed E-state index contributed by atoms with van der Waals surface area (Å²) in [5.74, 6) is -0.409. The lowest BCUT2D eigenvalue weighted by Gasteiger charge is -2.28. The van der Waals surface area contributed by atoms with E-state index < -0.39 is 21.4 Å². The summed E-state index contributed by atoms with van der Waals surface area (Å²) in [7, 11) is -3.65. The van der Waals surface area contributed by atoms with E-state index in [9.17, 15) is 12.8 Å². The lowest BCUT2D eigenvalue weighted by Crippen LogP contribution is -2.51. The first-order valence-electron chi connectivity index (χ1n) is 6.39. The van der Waals surface area contributed by atoms with Crippen LogP contribution in [0.25, 0.3) is 0 Å². The van der Waals surface area contributed by atoms with E-state index in [2.05, 4.69) is 4.72 Å². The molecule has 0 spiro atoms. The van der Waals surface area contributed by atoms with Crippen molar-refractivity contribution in [3.05, 3.63) is 29.6 Å². The highest BCUT2D eigenvalue weighted by Crippen LogP contribution is 2.30. The predicted octanol–water partition coefficient (Wildman–Crippen LogP) is 1.68. The molecule has 1 aliphatic rings. The Morgan fingerprint density at radius 1 is 1.37 bits per heavy atom. The number of nitrogens with one attached hydrogen (secondary N) is 1. The molecule has 0 saturated heterocycles. The van der Waals surface area contributed by atoms with Crippen molar-refractivity contribution in [3.63, 3.8) is 0 Å². The molecule has 106 valence electrons. The molecule has 3 N–H and O–H groups in total. The summed E-state index contributed by atoms with van der Waals surface area (Å²) in [4.78, 5) is 0.0890. The topological polar surface area (TPSA) is 72.2 Å². The van der Waals surface area contributed by atoms with E-state index in [1.807, 2.05) is 0 Å². The zero-order valence-corrected chi connectivity index (χ0v) is 11.8. The van der Waals surface area contributed by atoms with Crippen molar-refractivity contribution in [1.82, 2.24) is 4.72 Å². The first kappa shape index (κ1) is 14.4. The van der Waals surface area contributed by atoms with Crippen LogP contribution in [0.2, 0.25) is 0 Å². The standard InChI is InChI=1S/C13H19FN2O2S/c1-10-8-11(4-5-12(10)14)19(17,18)16-13(9-15)6-2-3-7-13/h4-5,8,16H,2-3,6-7,9,15H2,1H3. The van der Waals surface area contributed by atoms with Gasteiger partial charge < -0.3 is 5.73 Å². The lowest BCUT2D eigenvalue weighted by atomic mass is 10.0. The number of halogens is 1. The van der Waals surface area contributed by atoms with Gasteiger partial charge in [0.1, 0.15) is 5.82 Å². The average molecular weight is 286 g/mol. The molecule has 4 nitrogen and oxygen atoms in total. The Labute approximate surface area is 113 Å². The molecule has 0 unspecified atom stereocenters. The van der Waals surface area contributed by atoms with Crippen LogP contribution < -0.4 is 10.5 Å². The first-order valence-corrected chi connectivity index (χ1v) is 7.87. The highest BCUT2D eigenvalue weighted by Gasteiger charge is 2.36. The molecular formula is C13H19FN2O2S. The quantitative estimate of drug-likeness (QED) is 0.884. The van der Waals surface area contributed by atoms with E-state index in [4.69, 9.17) is 5.73 Å². The summed E-state index contributed by atoms with van der Waals surface area (Å²) in [6.45, 7) is 1.83. The molecule has 2 rings (SSSR count). The molecule has 1 aromatic carbocycles. The maximum absolute atomic E-state index is 13.2. The third-order valence-electron chi connectivity index (χ3n) is 3.74. The van der Waals surface area contributed by atoms with Gasteiger partial charge in [0.25, 0.3) is 0 Å². The zero-order chi connectivity index (χ0) is 14.1. The van der Waals surface area contributed by atoms with E-state index in [0.717, 1.165) is 25.7 Å². The molecule has 0 atom stereocenters. The van der Waals surface area contributed by atoms with Crippen molar-refractivity contribution in [1.29, 1.82) is 0 Å². The second-order valence-electron chi connectivity index (χ2n) is 5.21. The van der Waals surface area contributed by atoms with E-state index in [1.54, 1.807) is 6.92 Å². The molecule has 0 bridgehead atoms. The van der Waals surface area contributed by atoms with E-state index in [-0.39, 0.29) is 11.4 Å². The van der Waals surface area contributed by atoms with Gasteiger partial charge in [0.2, 0.25) is 10.0 Å². The fourth-order valence-electron chi connectivity index (χ4n) is 2.53. The second-order valence-corrected chi connectivity index (χ2v) is 6.89. The van der Waals surface area contributed by atoms with Gasteiger partial charge in [-0.25, -0.2) is 17.5 Å².